The van der Waals surface area contributed by atoms with Gasteiger partial charge < -0.3 is 20.3 Å². The van der Waals surface area contributed by atoms with E-state index in [0.29, 0.717) is 28.9 Å². The van der Waals surface area contributed by atoms with Crippen molar-refractivity contribution in [1.29, 1.82) is 0 Å². The van der Waals surface area contributed by atoms with Crippen LogP contribution in [0.5, 0.6) is 0 Å². The molecule has 1 fully saturated rings. The van der Waals surface area contributed by atoms with Crippen molar-refractivity contribution >= 4 is 42.5 Å². The van der Waals surface area contributed by atoms with Gasteiger partial charge in [-0.15, -0.1) is 14.1 Å². The van der Waals surface area contributed by atoms with Crippen LogP contribution >= 0.6 is 0 Å². The molecule has 0 saturated heterocycles. The number of nitrogens with two attached hydrogens (primary N) is 1. The molecule has 2 amide bonds. The van der Waals surface area contributed by atoms with E-state index in [9.17, 15) is 18.0 Å². The van der Waals surface area contributed by atoms with E-state index in [0.717, 1.165) is 18.2 Å². The van der Waals surface area contributed by atoms with E-state index in [-0.39, 0.29) is 42.7 Å². The largest absolute Gasteiger partial charge is 0.401 e. The number of nitrogens with one attached hydrogen (secondary N) is 2. The van der Waals surface area contributed by atoms with Gasteiger partial charge in [0.05, 0.1) is 11.1 Å². The van der Waals surface area contributed by atoms with E-state index in [4.69, 9.17) is 15.0 Å². The average Bonchev–Trinajstić information content (AvgIpc) is 3.44. The molecule has 3 heterocycles. The van der Waals surface area contributed by atoms with Crippen LogP contribution in [-0.2, 0) is 16.9 Å². The van der Waals surface area contributed by atoms with Gasteiger partial charge in [0.1, 0.15) is 35.8 Å². The van der Waals surface area contributed by atoms with Crippen molar-refractivity contribution in [3.05, 3.63) is 42.2 Å². The second-order valence-corrected chi connectivity index (χ2v) is 16.7. The average molecular weight is 593 g/mol. The number of amides is 2. The quantitative estimate of drug-likeness (QED) is 0.126. The molecule has 0 bridgehead atoms. The number of hydrogen-bond donors (Lipinski definition) is 3. The Kier molecular flexibility index (Phi) is 7.23. The Morgan fingerprint density at radius 2 is 1.95 bits per heavy atom. The van der Waals surface area contributed by atoms with Gasteiger partial charge >= 0.3 is 12.2 Å². The summed E-state index contributed by atoms with van der Waals surface area (Å²) >= 11 is 0. The predicted molar refractivity (Wildman–Crippen MR) is 145 cm³/mol. The number of nitrogen functional groups attached to an aromatic ring is 1. The number of hydrogen-bond acceptors (Lipinski definition) is 8. The molecule has 5 rings (SSSR count). The summed E-state index contributed by atoms with van der Waals surface area (Å²) in [6.07, 6.45) is -3.42. The van der Waals surface area contributed by atoms with Gasteiger partial charge in [-0.3, -0.25) is 5.32 Å². The summed E-state index contributed by atoms with van der Waals surface area (Å²) in [7, 11) is -1.29. The van der Waals surface area contributed by atoms with Crippen LogP contribution in [0.3, 0.4) is 0 Å². The molecule has 1 saturated carbocycles. The van der Waals surface area contributed by atoms with Gasteiger partial charge in [-0.25, -0.2) is 23.8 Å². The van der Waals surface area contributed by atoms with Crippen molar-refractivity contribution in [3.8, 4) is 11.3 Å². The fourth-order valence-corrected chi connectivity index (χ4v) is 5.00. The minimum atomic E-state index is -4.49. The number of fused-ring (bicyclic) bond motifs is 1. The standard InChI is InChI=1S/C25H28F4N8O3Si/c1-41(2,3)9-8-39-13-37-22-19(21(30)31-12-32-22)20(35-37)14-4-5-16(15(26)10-14)33-23(38)34-18-11-17(40-36-18)24(6-7-24)25(27,28)29/h4-5,10-12H,6-9,13H2,1-3H3,(H2,30,31,32)(H2,33,34,36,38)/q-1. The van der Waals surface area contributed by atoms with Crippen LogP contribution < -0.4 is 16.4 Å². The van der Waals surface area contributed by atoms with E-state index in [2.05, 4.69) is 50.5 Å². The summed E-state index contributed by atoms with van der Waals surface area (Å²) in [5.41, 5.74) is 4.94. The summed E-state index contributed by atoms with van der Waals surface area (Å²) in [5, 5.41) is 13.0. The third-order valence-electron chi connectivity index (χ3n) is 6.78. The summed E-state index contributed by atoms with van der Waals surface area (Å²) in [4.78, 5) is 20.7. The number of aromatic nitrogens is 5. The Bertz CT molecular complexity index is 1590. The third kappa shape index (κ3) is 5.88. The van der Waals surface area contributed by atoms with Crippen LogP contribution in [0.25, 0.3) is 22.3 Å². The number of benzene rings is 1. The van der Waals surface area contributed by atoms with Gasteiger partial charge in [0, 0.05) is 18.2 Å². The molecule has 0 radical (unpaired) electrons. The van der Waals surface area contributed by atoms with Gasteiger partial charge in [-0.1, -0.05) is 11.2 Å². The third-order valence-corrected chi connectivity index (χ3v) is 8.48. The number of carbonyl (C=O) groups excluding carboxylic acids is 1. The monoisotopic (exact) mass is 592 g/mol. The summed E-state index contributed by atoms with van der Waals surface area (Å²) in [5.74, 6) is -1.25. The first kappa shape index (κ1) is 28.5. The van der Waals surface area contributed by atoms with Crippen LogP contribution in [0, 0.1) is 5.82 Å². The highest BCUT2D eigenvalue weighted by Crippen LogP contribution is 2.59. The lowest BCUT2D eigenvalue weighted by molar-refractivity contribution is -0.165. The lowest BCUT2D eigenvalue weighted by Crippen LogP contribution is -2.28. The Balaban J connectivity index is 1.30. The number of nitrogens with zero attached hydrogens (tertiary/aromatic N) is 5. The van der Waals surface area contributed by atoms with E-state index in [1.54, 1.807) is 0 Å². The normalized spacial score (nSPS) is 14.8. The summed E-state index contributed by atoms with van der Waals surface area (Å²) < 4.78 is 67.2. The lowest BCUT2D eigenvalue weighted by atomic mass is 10.0. The first-order chi connectivity index (χ1) is 19.3. The molecule has 41 heavy (non-hydrogen) atoms. The molecule has 0 aliphatic heterocycles. The number of anilines is 3. The minimum Gasteiger partial charge on any atom is -0.383 e. The van der Waals surface area contributed by atoms with Crippen molar-refractivity contribution in [3.63, 3.8) is 0 Å². The first-order valence-electron chi connectivity index (χ1n) is 12.7. The highest BCUT2D eigenvalue weighted by molar-refractivity contribution is 6.76. The maximum Gasteiger partial charge on any atom is 0.401 e. The molecule has 1 aromatic carbocycles. The zero-order valence-corrected chi connectivity index (χ0v) is 23.5. The number of rotatable bonds is 9. The Morgan fingerprint density at radius 3 is 2.61 bits per heavy atom. The molecule has 4 N–H and O–H groups in total. The predicted octanol–water partition coefficient (Wildman–Crippen LogP) is 5.75. The molecule has 0 spiro atoms. The minimum absolute atomic E-state index is 0.119. The van der Waals surface area contributed by atoms with Crippen LogP contribution in [0.1, 0.15) is 18.6 Å². The SMILES string of the molecule is C[Si-](C)(C)CCOCn1nc(-c2ccc(NC(=O)Nc3cc(C4(C(F)(F)F)CC4)on3)c(F)c2)c2c(N)ncnc21. The van der Waals surface area contributed by atoms with Crippen LogP contribution in [-0.4, -0.2) is 51.8 Å². The highest BCUT2D eigenvalue weighted by atomic mass is 28.3. The molecular formula is C25H28F4N8O3Si-. The fourth-order valence-electron chi connectivity index (χ4n) is 4.24. The van der Waals surface area contributed by atoms with Gasteiger partial charge in [0.25, 0.3) is 0 Å². The van der Waals surface area contributed by atoms with E-state index in [1.807, 2.05) is 0 Å². The highest BCUT2D eigenvalue weighted by Gasteiger charge is 2.66. The Hall–Kier alpha value is -4.05. The molecule has 4 aromatic rings. The lowest BCUT2D eigenvalue weighted by Gasteiger charge is -2.26. The molecule has 0 atom stereocenters. The van der Waals surface area contributed by atoms with Gasteiger partial charge in [-0.05, 0) is 25.0 Å². The van der Waals surface area contributed by atoms with Crippen LogP contribution in [0.4, 0.5) is 39.7 Å². The smallest absolute Gasteiger partial charge is 0.383 e. The maximum absolute atomic E-state index is 15.1. The van der Waals surface area contributed by atoms with Crippen molar-refractivity contribution < 1.29 is 31.6 Å². The summed E-state index contributed by atoms with van der Waals surface area (Å²) in [6, 6.07) is 5.07. The molecule has 1 aliphatic rings. The van der Waals surface area contributed by atoms with Crippen LogP contribution in [0.2, 0.25) is 25.7 Å². The maximum atomic E-state index is 15.1. The number of halogens is 4. The molecule has 0 unspecified atom stereocenters. The number of urea groups is 1. The zero-order chi connectivity index (χ0) is 29.6. The molecule has 11 nitrogen and oxygen atoms in total. The van der Waals surface area contributed by atoms with Gasteiger partial charge in [-0.2, -0.15) is 37.9 Å². The van der Waals surface area contributed by atoms with Gasteiger partial charge in [0.2, 0.25) is 0 Å². The number of ether oxygens (including phenoxy) is 1. The van der Waals surface area contributed by atoms with E-state index >= 15 is 4.39 Å². The molecular weight excluding hydrogens is 564 g/mol. The van der Waals surface area contributed by atoms with E-state index in [1.165, 1.54) is 23.1 Å². The van der Waals surface area contributed by atoms with E-state index < -0.39 is 31.5 Å². The molecule has 16 heteroatoms. The Morgan fingerprint density at radius 1 is 1.20 bits per heavy atom. The van der Waals surface area contributed by atoms with Crippen molar-refractivity contribution in [1.82, 2.24) is 24.9 Å². The first-order valence-corrected chi connectivity index (χ1v) is 16.4. The fraction of sp³-hybridized carbons (Fsp3) is 0.400. The van der Waals surface area contributed by atoms with Crippen LogP contribution in [0.15, 0.2) is 35.1 Å². The second kappa shape index (κ2) is 10.4. The molecule has 219 valence electrons. The molecule has 3 aromatic heterocycles. The topological polar surface area (TPSA) is 146 Å². The van der Waals surface area contributed by atoms with Gasteiger partial charge in [0.15, 0.2) is 17.2 Å². The number of carbonyl (C=O) groups is 1. The van der Waals surface area contributed by atoms with Crippen molar-refractivity contribution in [2.75, 3.05) is 23.0 Å². The molecule has 1 aliphatic carbocycles. The second-order valence-electron chi connectivity index (χ2n) is 11.1. The number of alkyl halides is 3. The summed E-state index contributed by atoms with van der Waals surface area (Å²) in [6.45, 7) is 7.41. The van der Waals surface area contributed by atoms with Crippen molar-refractivity contribution in [2.24, 2.45) is 0 Å². The zero-order valence-electron chi connectivity index (χ0n) is 22.5. The van der Waals surface area contributed by atoms with Crippen molar-refractivity contribution in [2.45, 2.75) is 56.8 Å². The Labute approximate surface area is 232 Å².